The predicted octanol–water partition coefficient (Wildman–Crippen LogP) is 2.25. The first kappa shape index (κ1) is 14.3. The lowest BCUT2D eigenvalue weighted by Crippen LogP contribution is -2.62. The van der Waals surface area contributed by atoms with Crippen molar-refractivity contribution < 1.29 is 4.74 Å². The van der Waals surface area contributed by atoms with Gasteiger partial charge in [-0.05, 0) is 45.4 Å². The van der Waals surface area contributed by atoms with Crippen molar-refractivity contribution in [2.24, 2.45) is 17.6 Å². The largest absolute Gasteiger partial charge is 0.370 e. The first-order valence-electron chi connectivity index (χ1n) is 7.46. The number of nitrogens with two attached hydrogens (primary N) is 1. The van der Waals surface area contributed by atoms with E-state index in [0.717, 1.165) is 19.0 Å². The second-order valence-corrected chi connectivity index (χ2v) is 7.33. The van der Waals surface area contributed by atoms with Gasteiger partial charge < -0.3 is 10.5 Å². The molecule has 2 fully saturated rings. The molecule has 0 spiro atoms. The van der Waals surface area contributed by atoms with Crippen LogP contribution in [0.15, 0.2) is 0 Å². The molecule has 0 aromatic rings. The Morgan fingerprint density at radius 1 is 1.17 bits per heavy atom. The monoisotopic (exact) mass is 254 g/mol. The molecule has 0 radical (unpaired) electrons. The first-order chi connectivity index (χ1) is 8.28. The summed E-state index contributed by atoms with van der Waals surface area (Å²) >= 11 is 0. The van der Waals surface area contributed by atoms with Gasteiger partial charge in [-0.3, -0.25) is 4.90 Å². The summed E-state index contributed by atoms with van der Waals surface area (Å²) in [5.41, 5.74) is 6.40. The number of ether oxygens (including phenoxy) is 1. The zero-order valence-corrected chi connectivity index (χ0v) is 12.6. The van der Waals surface area contributed by atoms with Gasteiger partial charge in [-0.25, -0.2) is 0 Å². The standard InChI is InChI=1S/C15H30N2O/c1-10-6-11(2)14(13(16)7-10)17-8-12(3)18-15(4,5)9-17/h10-14H,6-9,16H2,1-5H3. The number of nitrogens with zero attached hydrogens (tertiary/aromatic N) is 1. The molecule has 18 heavy (non-hydrogen) atoms. The van der Waals surface area contributed by atoms with Gasteiger partial charge >= 0.3 is 0 Å². The molecule has 2 aliphatic rings. The minimum atomic E-state index is -0.0415. The molecule has 2 rings (SSSR count). The highest BCUT2D eigenvalue weighted by atomic mass is 16.5. The Morgan fingerprint density at radius 3 is 2.39 bits per heavy atom. The number of rotatable bonds is 1. The lowest BCUT2D eigenvalue weighted by molar-refractivity contribution is -0.147. The first-order valence-corrected chi connectivity index (χ1v) is 7.46. The molecular weight excluding hydrogens is 224 g/mol. The van der Waals surface area contributed by atoms with Crippen LogP contribution >= 0.6 is 0 Å². The summed E-state index contributed by atoms with van der Waals surface area (Å²) in [6.45, 7) is 13.3. The average molecular weight is 254 g/mol. The topological polar surface area (TPSA) is 38.5 Å². The Labute approximate surface area is 112 Å². The van der Waals surface area contributed by atoms with Gasteiger partial charge in [0.2, 0.25) is 0 Å². The van der Waals surface area contributed by atoms with Crippen LogP contribution in [-0.2, 0) is 4.74 Å². The van der Waals surface area contributed by atoms with E-state index in [-0.39, 0.29) is 5.60 Å². The predicted molar refractivity (Wildman–Crippen MR) is 75.5 cm³/mol. The third-order valence-electron chi connectivity index (χ3n) is 4.49. The Hall–Kier alpha value is -0.120. The minimum Gasteiger partial charge on any atom is -0.370 e. The number of hydrogen-bond acceptors (Lipinski definition) is 3. The van der Waals surface area contributed by atoms with E-state index >= 15 is 0 Å². The van der Waals surface area contributed by atoms with Crippen molar-refractivity contribution in [3.8, 4) is 0 Å². The van der Waals surface area contributed by atoms with Crippen LogP contribution < -0.4 is 5.73 Å². The SMILES string of the molecule is CC1CC(C)C(N2CC(C)OC(C)(C)C2)C(N)C1. The number of morpholine rings is 1. The molecular formula is C15H30N2O. The van der Waals surface area contributed by atoms with Gasteiger partial charge in [-0.15, -0.1) is 0 Å². The van der Waals surface area contributed by atoms with Gasteiger partial charge in [0.1, 0.15) is 0 Å². The van der Waals surface area contributed by atoms with E-state index in [9.17, 15) is 0 Å². The molecule has 1 aliphatic heterocycles. The highest BCUT2D eigenvalue weighted by Crippen LogP contribution is 2.34. The highest BCUT2D eigenvalue weighted by molar-refractivity contribution is 4.96. The molecule has 0 aromatic heterocycles. The maximum atomic E-state index is 6.44. The molecule has 1 saturated heterocycles. The summed E-state index contributed by atoms with van der Waals surface area (Å²) in [5.74, 6) is 1.47. The molecule has 3 heteroatoms. The van der Waals surface area contributed by atoms with Crippen LogP contribution in [0, 0.1) is 11.8 Å². The third-order valence-corrected chi connectivity index (χ3v) is 4.49. The Kier molecular flexibility index (Phi) is 4.05. The molecule has 106 valence electrons. The highest BCUT2D eigenvalue weighted by Gasteiger charge is 2.41. The normalized spacial score (nSPS) is 46.0. The fourth-order valence-electron chi connectivity index (χ4n) is 4.26. The summed E-state index contributed by atoms with van der Waals surface area (Å²) in [5, 5.41) is 0. The van der Waals surface area contributed by atoms with Crippen molar-refractivity contribution in [1.82, 2.24) is 4.90 Å². The zero-order chi connectivity index (χ0) is 13.5. The van der Waals surface area contributed by atoms with Crippen molar-refractivity contribution in [3.63, 3.8) is 0 Å². The maximum Gasteiger partial charge on any atom is 0.0757 e. The molecule has 3 nitrogen and oxygen atoms in total. The second-order valence-electron chi connectivity index (χ2n) is 7.33. The van der Waals surface area contributed by atoms with E-state index in [4.69, 9.17) is 10.5 Å². The van der Waals surface area contributed by atoms with E-state index in [0.29, 0.717) is 24.1 Å². The van der Waals surface area contributed by atoms with Crippen LogP contribution in [0.2, 0.25) is 0 Å². The molecule has 1 aliphatic carbocycles. The van der Waals surface area contributed by atoms with Crippen molar-refractivity contribution in [2.45, 2.75) is 71.2 Å². The van der Waals surface area contributed by atoms with Crippen LogP contribution in [-0.4, -0.2) is 41.8 Å². The molecule has 5 atom stereocenters. The van der Waals surface area contributed by atoms with Gasteiger partial charge in [0, 0.05) is 25.2 Å². The van der Waals surface area contributed by atoms with Gasteiger partial charge in [-0.1, -0.05) is 13.8 Å². The van der Waals surface area contributed by atoms with E-state index in [1.807, 2.05) is 0 Å². The van der Waals surface area contributed by atoms with Gasteiger partial charge in [-0.2, -0.15) is 0 Å². The molecule has 5 unspecified atom stereocenters. The fourth-order valence-corrected chi connectivity index (χ4v) is 4.26. The van der Waals surface area contributed by atoms with Crippen molar-refractivity contribution >= 4 is 0 Å². The summed E-state index contributed by atoms with van der Waals surface area (Å²) in [6, 6.07) is 0.858. The number of hydrogen-bond donors (Lipinski definition) is 1. The lowest BCUT2D eigenvalue weighted by atomic mass is 9.75. The van der Waals surface area contributed by atoms with Gasteiger partial charge in [0.15, 0.2) is 0 Å². The summed E-state index contributed by atoms with van der Waals surface area (Å²) in [6.07, 6.45) is 2.79. The fraction of sp³-hybridized carbons (Fsp3) is 1.00. The summed E-state index contributed by atoms with van der Waals surface area (Å²) in [7, 11) is 0. The zero-order valence-electron chi connectivity index (χ0n) is 12.6. The summed E-state index contributed by atoms with van der Waals surface area (Å²) < 4.78 is 6.00. The Bertz CT molecular complexity index is 280. The second kappa shape index (κ2) is 5.10. The third kappa shape index (κ3) is 3.06. The average Bonchev–Trinajstić information content (AvgIpc) is 2.11. The van der Waals surface area contributed by atoms with E-state index < -0.39 is 0 Å². The Morgan fingerprint density at radius 2 is 1.83 bits per heavy atom. The molecule has 2 N–H and O–H groups in total. The van der Waals surface area contributed by atoms with Crippen LogP contribution in [0.1, 0.15) is 47.5 Å². The van der Waals surface area contributed by atoms with E-state index in [1.165, 1.54) is 12.8 Å². The maximum absolute atomic E-state index is 6.44. The van der Waals surface area contributed by atoms with Crippen molar-refractivity contribution in [3.05, 3.63) is 0 Å². The smallest absolute Gasteiger partial charge is 0.0757 e. The van der Waals surface area contributed by atoms with Crippen LogP contribution in [0.4, 0.5) is 0 Å². The molecule has 1 heterocycles. The quantitative estimate of drug-likeness (QED) is 0.780. The van der Waals surface area contributed by atoms with E-state index in [2.05, 4.69) is 39.5 Å². The molecule has 1 saturated carbocycles. The minimum absolute atomic E-state index is 0.0415. The Balaban J connectivity index is 2.09. The van der Waals surface area contributed by atoms with Crippen LogP contribution in [0.3, 0.4) is 0 Å². The van der Waals surface area contributed by atoms with Crippen molar-refractivity contribution in [1.29, 1.82) is 0 Å². The van der Waals surface area contributed by atoms with E-state index in [1.54, 1.807) is 0 Å². The van der Waals surface area contributed by atoms with Crippen molar-refractivity contribution in [2.75, 3.05) is 13.1 Å². The van der Waals surface area contributed by atoms with Crippen LogP contribution in [0.5, 0.6) is 0 Å². The molecule has 0 amide bonds. The van der Waals surface area contributed by atoms with Gasteiger partial charge in [0.05, 0.1) is 11.7 Å². The molecule has 0 bridgehead atoms. The lowest BCUT2D eigenvalue weighted by Gasteiger charge is -2.50. The van der Waals surface area contributed by atoms with Gasteiger partial charge in [0.25, 0.3) is 0 Å². The summed E-state index contributed by atoms with van der Waals surface area (Å²) in [4.78, 5) is 2.59. The molecule has 0 aromatic carbocycles. The van der Waals surface area contributed by atoms with Crippen LogP contribution in [0.25, 0.3) is 0 Å².